The first-order chi connectivity index (χ1) is 9.47. The van der Waals surface area contributed by atoms with Gasteiger partial charge in [0.05, 0.1) is 6.61 Å². The molecule has 0 aliphatic rings. The maximum Gasteiger partial charge on any atom is 0.190 e. The van der Waals surface area contributed by atoms with Crippen LogP contribution in [0.3, 0.4) is 0 Å². The second-order valence-corrected chi connectivity index (χ2v) is 4.63. The molecule has 0 bridgehead atoms. The maximum absolute atomic E-state index is 13.7. The second-order valence-electron chi connectivity index (χ2n) is 4.63. The summed E-state index contributed by atoms with van der Waals surface area (Å²) in [6.45, 7) is 4.19. The molecule has 0 atom stereocenters. The summed E-state index contributed by atoms with van der Waals surface area (Å²) in [6.07, 6.45) is 1.80. The summed E-state index contributed by atoms with van der Waals surface area (Å²) >= 11 is 0. The number of hydrogen-bond donors (Lipinski definition) is 0. The van der Waals surface area contributed by atoms with Crippen LogP contribution in [-0.2, 0) is 0 Å². The topological polar surface area (TPSA) is 56.8 Å². The van der Waals surface area contributed by atoms with Crippen LogP contribution in [0.1, 0.15) is 25.8 Å². The van der Waals surface area contributed by atoms with Gasteiger partial charge < -0.3 is 4.74 Å². The summed E-state index contributed by atoms with van der Waals surface area (Å²) in [5, 5.41) is 17.2. The Morgan fingerprint density at radius 2 is 1.80 bits per heavy atom. The van der Waals surface area contributed by atoms with Gasteiger partial charge in [0.25, 0.3) is 0 Å². The molecule has 0 radical (unpaired) electrons. The van der Waals surface area contributed by atoms with E-state index < -0.39 is 17.4 Å². The highest BCUT2D eigenvalue weighted by atomic mass is 19.1. The van der Waals surface area contributed by atoms with Crippen LogP contribution in [0.2, 0.25) is 0 Å². The molecule has 0 unspecified atom stereocenters. The van der Waals surface area contributed by atoms with Gasteiger partial charge >= 0.3 is 0 Å². The van der Waals surface area contributed by atoms with Crippen molar-refractivity contribution in [1.29, 1.82) is 10.5 Å². The zero-order valence-electron chi connectivity index (χ0n) is 11.3. The van der Waals surface area contributed by atoms with Gasteiger partial charge in [-0.2, -0.15) is 10.5 Å². The predicted octanol–water partition coefficient (Wildman–Crippen LogP) is 3.82. The van der Waals surface area contributed by atoms with E-state index in [4.69, 9.17) is 15.3 Å². The number of nitriles is 2. The van der Waals surface area contributed by atoms with Gasteiger partial charge in [-0.3, -0.25) is 0 Å². The highest BCUT2D eigenvalue weighted by molar-refractivity contribution is 5.62. The zero-order chi connectivity index (χ0) is 15.1. The number of benzene rings is 1. The summed E-state index contributed by atoms with van der Waals surface area (Å²) in [5.41, 5.74) is -0.119. The molecule has 20 heavy (non-hydrogen) atoms. The van der Waals surface area contributed by atoms with E-state index in [1.54, 1.807) is 12.1 Å². The molecule has 0 saturated heterocycles. The van der Waals surface area contributed by atoms with Crippen LogP contribution >= 0.6 is 0 Å². The molecule has 0 heterocycles. The monoisotopic (exact) mass is 276 g/mol. The third kappa shape index (κ3) is 4.37. The molecular formula is C15H14F2N2O. The SMILES string of the molecule is CC(C)CCOc1c(F)cc(C=C(C#N)C#N)cc1F. The molecule has 0 fully saturated rings. The van der Waals surface area contributed by atoms with Gasteiger partial charge in [-0.05, 0) is 36.1 Å². The van der Waals surface area contributed by atoms with E-state index in [9.17, 15) is 8.78 Å². The number of allylic oxidation sites excluding steroid dienone is 1. The maximum atomic E-state index is 13.7. The zero-order valence-corrected chi connectivity index (χ0v) is 11.3. The van der Waals surface area contributed by atoms with Crippen LogP contribution in [0.5, 0.6) is 5.75 Å². The van der Waals surface area contributed by atoms with Gasteiger partial charge in [-0.1, -0.05) is 13.8 Å². The quantitative estimate of drug-likeness (QED) is 0.768. The Bertz CT molecular complexity index is 556. The van der Waals surface area contributed by atoms with Gasteiger partial charge in [-0.25, -0.2) is 8.78 Å². The van der Waals surface area contributed by atoms with Crippen molar-refractivity contribution in [3.8, 4) is 17.9 Å². The van der Waals surface area contributed by atoms with Crippen LogP contribution in [0, 0.1) is 40.2 Å². The Morgan fingerprint density at radius 3 is 2.25 bits per heavy atom. The minimum Gasteiger partial charge on any atom is -0.488 e. The van der Waals surface area contributed by atoms with Crippen molar-refractivity contribution in [3.63, 3.8) is 0 Å². The molecule has 3 nitrogen and oxygen atoms in total. The van der Waals surface area contributed by atoms with E-state index in [1.807, 2.05) is 13.8 Å². The van der Waals surface area contributed by atoms with Crippen LogP contribution < -0.4 is 4.74 Å². The third-order valence-corrected chi connectivity index (χ3v) is 2.51. The molecule has 0 spiro atoms. The Hall–Kier alpha value is -2.40. The average Bonchev–Trinajstić information content (AvgIpc) is 2.38. The van der Waals surface area contributed by atoms with E-state index in [-0.39, 0.29) is 17.7 Å². The standard InChI is InChI=1S/C15H14F2N2O/c1-10(2)3-4-20-15-13(16)6-11(7-14(15)17)5-12(8-18)9-19/h5-7,10H,3-4H2,1-2H3. The van der Waals surface area contributed by atoms with E-state index in [0.29, 0.717) is 12.3 Å². The number of halogens is 2. The van der Waals surface area contributed by atoms with Crippen molar-refractivity contribution < 1.29 is 13.5 Å². The third-order valence-electron chi connectivity index (χ3n) is 2.51. The molecule has 1 rings (SSSR count). The molecule has 1 aromatic rings. The molecule has 0 amide bonds. The minimum absolute atomic E-state index is 0.106. The van der Waals surface area contributed by atoms with Gasteiger partial charge in [0.2, 0.25) is 0 Å². The minimum atomic E-state index is -0.852. The molecule has 1 aromatic carbocycles. The Morgan fingerprint density at radius 1 is 1.25 bits per heavy atom. The Labute approximate surface area is 116 Å². The highest BCUT2D eigenvalue weighted by Gasteiger charge is 2.12. The van der Waals surface area contributed by atoms with E-state index in [2.05, 4.69) is 0 Å². The molecular weight excluding hydrogens is 262 g/mol. The molecule has 0 aliphatic heterocycles. The first kappa shape index (κ1) is 15.7. The van der Waals surface area contributed by atoms with Crippen LogP contribution in [0.15, 0.2) is 17.7 Å². The summed E-state index contributed by atoms with van der Waals surface area (Å²) in [4.78, 5) is 0. The lowest BCUT2D eigenvalue weighted by atomic mass is 10.1. The fourth-order valence-corrected chi connectivity index (χ4v) is 1.45. The molecule has 0 saturated carbocycles. The number of nitrogens with zero attached hydrogens (tertiary/aromatic N) is 2. The van der Waals surface area contributed by atoms with Crippen molar-refractivity contribution in [2.24, 2.45) is 5.92 Å². The largest absolute Gasteiger partial charge is 0.488 e. The van der Waals surface area contributed by atoms with Crippen molar-refractivity contribution in [1.82, 2.24) is 0 Å². The van der Waals surface area contributed by atoms with Crippen LogP contribution in [0.4, 0.5) is 8.78 Å². The molecule has 0 aromatic heterocycles. The fourth-order valence-electron chi connectivity index (χ4n) is 1.45. The normalized spacial score (nSPS) is 9.75. The lowest BCUT2D eigenvalue weighted by molar-refractivity contribution is 0.263. The molecule has 0 aliphatic carbocycles. The number of hydrogen-bond acceptors (Lipinski definition) is 3. The van der Waals surface area contributed by atoms with E-state index in [0.717, 1.165) is 18.2 Å². The number of rotatable bonds is 5. The summed E-state index contributed by atoms with van der Waals surface area (Å²) in [5.74, 6) is -1.76. The van der Waals surface area contributed by atoms with E-state index in [1.165, 1.54) is 0 Å². The summed E-state index contributed by atoms with van der Waals surface area (Å²) in [7, 11) is 0. The average molecular weight is 276 g/mol. The van der Waals surface area contributed by atoms with Crippen LogP contribution in [-0.4, -0.2) is 6.61 Å². The van der Waals surface area contributed by atoms with Crippen molar-refractivity contribution in [2.75, 3.05) is 6.61 Å². The van der Waals surface area contributed by atoms with Crippen molar-refractivity contribution >= 4 is 6.08 Å². The van der Waals surface area contributed by atoms with Gasteiger partial charge in [0.1, 0.15) is 17.7 Å². The molecule has 0 N–H and O–H groups in total. The van der Waals surface area contributed by atoms with Crippen molar-refractivity contribution in [3.05, 3.63) is 34.9 Å². The lowest BCUT2D eigenvalue weighted by Gasteiger charge is -2.10. The Balaban J connectivity index is 2.96. The van der Waals surface area contributed by atoms with Gasteiger partial charge in [0, 0.05) is 0 Å². The van der Waals surface area contributed by atoms with Gasteiger partial charge in [-0.15, -0.1) is 0 Å². The highest BCUT2D eigenvalue weighted by Crippen LogP contribution is 2.25. The fraction of sp³-hybridized carbons (Fsp3) is 0.333. The smallest absolute Gasteiger partial charge is 0.190 e. The molecule has 5 heteroatoms. The lowest BCUT2D eigenvalue weighted by Crippen LogP contribution is -2.04. The van der Waals surface area contributed by atoms with Crippen molar-refractivity contribution in [2.45, 2.75) is 20.3 Å². The molecule has 104 valence electrons. The van der Waals surface area contributed by atoms with Gasteiger partial charge in [0.15, 0.2) is 17.4 Å². The van der Waals surface area contributed by atoms with Crippen LogP contribution in [0.25, 0.3) is 6.08 Å². The first-order valence-electron chi connectivity index (χ1n) is 6.11. The second kappa shape index (κ2) is 7.25. The Kier molecular flexibility index (Phi) is 5.68. The predicted molar refractivity (Wildman–Crippen MR) is 70.5 cm³/mol. The summed E-state index contributed by atoms with van der Waals surface area (Å²) in [6, 6.07) is 5.31. The summed E-state index contributed by atoms with van der Waals surface area (Å²) < 4.78 is 32.6. The van der Waals surface area contributed by atoms with E-state index >= 15 is 0 Å². The number of ether oxygens (including phenoxy) is 1. The first-order valence-corrected chi connectivity index (χ1v) is 6.11.